The summed E-state index contributed by atoms with van der Waals surface area (Å²) in [6.07, 6.45) is 6.97. The van der Waals surface area contributed by atoms with Gasteiger partial charge in [0.05, 0.1) is 37.8 Å². The highest BCUT2D eigenvalue weighted by atomic mass is 79.9. The summed E-state index contributed by atoms with van der Waals surface area (Å²) >= 11 is 3.49. The molecular weight excluding hydrogens is 328 g/mol. The van der Waals surface area contributed by atoms with Gasteiger partial charge >= 0.3 is 0 Å². The molecule has 1 aromatic carbocycles. The van der Waals surface area contributed by atoms with Crippen LogP contribution in [-0.4, -0.2) is 43.0 Å². The highest BCUT2D eigenvalue weighted by Gasteiger charge is 2.30. The molecule has 1 aliphatic heterocycles. The molecule has 1 aliphatic carbocycles. The zero-order chi connectivity index (χ0) is 14.7. The molecule has 1 heterocycles. The van der Waals surface area contributed by atoms with Crippen LogP contribution in [0.4, 0.5) is 0 Å². The number of halogens is 1. The van der Waals surface area contributed by atoms with Gasteiger partial charge in [0.25, 0.3) is 5.91 Å². The van der Waals surface area contributed by atoms with E-state index in [0.717, 1.165) is 42.3 Å². The van der Waals surface area contributed by atoms with Crippen molar-refractivity contribution in [2.75, 3.05) is 26.2 Å². The van der Waals surface area contributed by atoms with Crippen LogP contribution in [0.25, 0.3) is 0 Å². The minimum absolute atomic E-state index is 0.171. The molecule has 0 bridgehead atoms. The molecule has 21 heavy (non-hydrogen) atoms. The average molecular weight is 352 g/mol. The summed E-state index contributed by atoms with van der Waals surface area (Å²) in [4.78, 5) is 16.3. The van der Waals surface area contributed by atoms with Crippen molar-refractivity contribution < 1.29 is 9.69 Å². The van der Waals surface area contributed by atoms with Crippen molar-refractivity contribution in [3.05, 3.63) is 34.3 Å². The summed E-state index contributed by atoms with van der Waals surface area (Å²) in [7, 11) is 0. The number of carbonyl (C=O) groups excluding carboxylic acids is 1. The molecule has 1 N–H and O–H groups in total. The summed E-state index contributed by atoms with van der Waals surface area (Å²) in [5.41, 5.74) is 0.790. The summed E-state index contributed by atoms with van der Waals surface area (Å²) in [6, 6.07) is 8.58. The highest BCUT2D eigenvalue weighted by molar-refractivity contribution is 9.10. The predicted molar refractivity (Wildman–Crippen MR) is 87.6 cm³/mol. The maximum absolute atomic E-state index is 12.6. The van der Waals surface area contributed by atoms with Crippen LogP contribution in [0, 0.1) is 0 Å². The topological polar surface area (TPSA) is 24.8 Å². The molecule has 2 fully saturated rings. The van der Waals surface area contributed by atoms with Gasteiger partial charge < -0.3 is 9.80 Å². The summed E-state index contributed by atoms with van der Waals surface area (Å²) in [5, 5.41) is 0. The zero-order valence-corrected chi connectivity index (χ0v) is 14.1. The summed E-state index contributed by atoms with van der Waals surface area (Å²) in [5.74, 6) is 0.171. The number of quaternary nitrogens is 1. The van der Waals surface area contributed by atoms with E-state index in [1.807, 2.05) is 29.2 Å². The first-order valence-electron chi connectivity index (χ1n) is 8.14. The lowest BCUT2D eigenvalue weighted by atomic mass is 9.94. The van der Waals surface area contributed by atoms with E-state index in [1.54, 1.807) is 4.90 Å². The highest BCUT2D eigenvalue weighted by Crippen LogP contribution is 2.18. The van der Waals surface area contributed by atoms with Crippen molar-refractivity contribution >= 4 is 21.8 Å². The van der Waals surface area contributed by atoms with Crippen LogP contribution in [0.15, 0.2) is 28.7 Å². The normalized spacial score (nSPS) is 21.5. The standard InChI is InChI=1S/C17H23BrN2O/c18-16-9-5-4-8-15(16)17(21)20-12-10-19(11-13-20)14-6-2-1-3-7-14/h4-5,8-9,14H,1-3,6-7,10-13H2/p+1. The lowest BCUT2D eigenvalue weighted by Gasteiger charge is -2.38. The Bertz CT molecular complexity index is 491. The minimum Gasteiger partial charge on any atom is -0.330 e. The Morgan fingerprint density at radius 3 is 2.43 bits per heavy atom. The largest absolute Gasteiger partial charge is 0.330 e. The Hall–Kier alpha value is -0.870. The molecule has 1 saturated heterocycles. The molecule has 3 nitrogen and oxygen atoms in total. The first-order chi connectivity index (χ1) is 10.3. The first kappa shape index (κ1) is 15.0. The Labute approximate surface area is 135 Å². The van der Waals surface area contributed by atoms with Crippen LogP contribution in [-0.2, 0) is 0 Å². The van der Waals surface area contributed by atoms with Crippen LogP contribution >= 0.6 is 15.9 Å². The molecule has 0 aromatic heterocycles. The molecule has 0 radical (unpaired) electrons. The van der Waals surface area contributed by atoms with E-state index in [1.165, 1.54) is 32.1 Å². The van der Waals surface area contributed by atoms with Crippen LogP contribution in [0.5, 0.6) is 0 Å². The molecule has 0 atom stereocenters. The maximum Gasteiger partial charge on any atom is 0.255 e. The number of hydrogen-bond acceptors (Lipinski definition) is 1. The fourth-order valence-corrected chi connectivity index (χ4v) is 4.18. The number of amides is 1. The van der Waals surface area contributed by atoms with Crippen LogP contribution < -0.4 is 4.90 Å². The average Bonchev–Trinajstić information content (AvgIpc) is 2.56. The lowest BCUT2D eigenvalue weighted by Crippen LogP contribution is -3.18. The number of nitrogens with one attached hydrogen (secondary N) is 1. The van der Waals surface area contributed by atoms with Crippen LogP contribution in [0.2, 0.25) is 0 Å². The molecule has 3 rings (SSSR count). The van der Waals surface area contributed by atoms with Gasteiger partial charge in [-0.2, -0.15) is 0 Å². The Kier molecular flexibility index (Phi) is 4.96. The second-order valence-corrected chi connectivity index (χ2v) is 7.12. The van der Waals surface area contributed by atoms with E-state index in [0.29, 0.717) is 0 Å². The Morgan fingerprint density at radius 1 is 1.10 bits per heavy atom. The van der Waals surface area contributed by atoms with Crippen LogP contribution in [0.1, 0.15) is 42.5 Å². The molecule has 0 unspecified atom stereocenters. The van der Waals surface area contributed by atoms with E-state index in [2.05, 4.69) is 15.9 Å². The van der Waals surface area contributed by atoms with Crippen molar-refractivity contribution in [1.29, 1.82) is 0 Å². The SMILES string of the molecule is O=C(c1ccccc1Br)N1CC[NH+](C2CCCCC2)CC1. The fourth-order valence-electron chi connectivity index (χ4n) is 3.72. The van der Waals surface area contributed by atoms with E-state index < -0.39 is 0 Å². The first-order valence-corrected chi connectivity index (χ1v) is 8.93. The third kappa shape index (κ3) is 3.49. The summed E-state index contributed by atoms with van der Waals surface area (Å²) in [6.45, 7) is 4.01. The van der Waals surface area contributed by atoms with Gasteiger partial charge in [-0.25, -0.2) is 0 Å². The Morgan fingerprint density at radius 2 is 1.76 bits per heavy atom. The van der Waals surface area contributed by atoms with Gasteiger partial charge in [-0.1, -0.05) is 18.6 Å². The lowest BCUT2D eigenvalue weighted by molar-refractivity contribution is -0.930. The van der Waals surface area contributed by atoms with Crippen molar-refractivity contribution in [2.24, 2.45) is 0 Å². The second kappa shape index (κ2) is 6.93. The second-order valence-electron chi connectivity index (χ2n) is 6.27. The van der Waals surface area contributed by atoms with Gasteiger partial charge in [0, 0.05) is 4.47 Å². The van der Waals surface area contributed by atoms with E-state index in [4.69, 9.17) is 0 Å². The smallest absolute Gasteiger partial charge is 0.255 e. The van der Waals surface area contributed by atoms with E-state index in [9.17, 15) is 4.79 Å². The van der Waals surface area contributed by atoms with E-state index >= 15 is 0 Å². The van der Waals surface area contributed by atoms with Crippen molar-refractivity contribution in [2.45, 2.75) is 38.1 Å². The molecule has 4 heteroatoms. The number of carbonyl (C=O) groups is 1. The monoisotopic (exact) mass is 351 g/mol. The third-order valence-electron chi connectivity index (χ3n) is 4.98. The number of nitrogens with zero attached hydrogens (tertiary/aromatic N) is 1. The minimum atomic E-state index is 0.171. The van der Waals surface area contributed by atoms with Crippen molar-refractivity contribution in [3.63, 3.8) is 0 Å². The number of hydrogen-bond donors (Lipinski definition) is 1. The quantitative estimate of drug-likeness (QED) is 0.867. The van der Waals surface area contributed by atoms with Crippen molar-refractivity contribution in [1.82, 2.24) is 4.90 Å². The van der Waals surface area contributed by atoms with E-state index in [-0.39, 0.29) is 5.91 Å². The molecule has 1 amide bonds. The maximum atomic E-state index is 12.6. The number of benzene rings is 1. The van der Waals surface area contributed by atoms with Gasteiger partial charge in [0.15, 0.2) is 0 Å². The van der Waals surface area contributed by atoms with Crippen molar-refractivity contribution in [3.8, 4) is 0 Å². The van der Waals surface area contributed by atoms with Gasteiger partial charge in [-0.05, 0) is 53.7 Å². The number of rotatable bonds is 2. The Balaban J connectivity index is 1.58. The molecular formula is C17H24BrN2O+. The molecule has 2 aliphatic rings. The van der Waals surface area contributed by atoms with Gasteiger partial charge in [-0.3, -0.25) is 4.79 Å². The molecule has 1 aromatic rings. The zero-order valence-electron chi connectivity index (χ0n) is 12.5. The molecule has 114 valence electrons. The van der Waals surface area contributed by atoms with Gasteiger partial charge in [0.1, 0.15) is 0 Å². The van der Waals surface area contributed by atoms with Gasteiger partial charge in [-0.15, -0.1) is 0 Å². The third-order valence-corrected chi connectivity index (χ3v) is 5.67. The molecule has 1 saturated carbocycles. The van der Waals surface area contributed by atoms with Crippen LogP contribution in [0.3, 0.4) is 0 Å². The van der Waals surface area contributed by atoms with Gasteiger partial charge in [0.2, 0.25) is 0 Å². The summed E-state index contributed by atoms with van der Waals surface area (Å²) < 4.78 is 0.900. The fraction of sp³-hybridized carbons (Fsp3) is 0.588. The number of piperazine rings is 1. The molecule has 0 spiro atoms. The predicted octanol–water partition coefficient (Wildman–Crippen LogP) is 2.12.